The molecule has 1 aromatic carbocycles. The second-order valence-corrected chi connectivity index (χ2v) is 5.19. The smallest absolute Gasteiger partial charge is 0.312 e. The Bertz CT molecular complexity index is 537. The lowest BCUT2D eigenvalue weighted by Crippen LogP contribution is -2.28. The highest BCUT2D eigenvalue weighted by atomic mass is 79.9. The first-order chi connectivity index (χ1) is 8.41. The van der Waals surface area contributed by atoms with E-state index in [-0.39, 0.29) is 41.3 Å². The van der Waals surface area contributed by atoms with Crippen LogP contribution in [0.25, 0.3) is 0 Å². The van der Waals surface area contributed by atoms with Crippen LogP contribution in [0.5, 0.6) is 0 Å². The van der Waals surface area contributed by atoms with E-state index in [0.717, 1.165) is 0 Å². The third kappa shape index (κ3) is 2.21. The van der Waals surface area contributed by atoms with Gasteiger partial charge >= 0.3 is 5.69 Å². The molecule has 1 atom stereocenters. The number of benzene rings is 1. The first kappa shape index (κ1) is 13.3. The predicted molar refractivity (Wildman–Crippen MR) is 70.8 cm³/mol. The monoisotopic (exact) mass is 333 g/mol. The molecule has 2 N–H and O–H groups in total. The predicted octanol–water partition coefficient (Wildman–Crippen LogP) is 2.07. The average molecular weight is 335 g/mol. The molecule has 0 saturated carbocycles. The van der Waals surface area contributed by atoms with E-state index in [1.807, 2.05) is 0 Å². The summed E-state index contributed by atoms with van der Waals surface area (Å²) >= 11 is 9.02. The second-order valence-electron chi connectivity index (χ2n) is 3.95. The minimum atomic E-state index is -0.598. The highest BCUT2D eigenvalue weighted by Gasteiger charge is 2.34. The van der Waals surface area contributed by atoms with Crippen LogP contribution >= 0.6 is 27.5 Å². The molecule has 0 aromatic heterocycles. The van der Waals surface area contributed by atoms with Gasteiger partial charge < -0.3 is 10.6 Å². The third-order valence-corrected chi connectivity index (χ3v) is 3.95. The molecule has 8 heteroatoms. The van der Waals surface area contributed by atoms with E-state index >= 15 is 0 Å². The highest BCUT2D eigenvalue weighted by Crippen LogP contribution is 2.40. The van der Waals surface area contributed by atoms with Gasteiger partial charge in [-0.25, -0.2) is 0 Å². The van der Waals surface area contributed by atoms with Crippen molar-refractivity contribution < 1.29 is 9.72 Å². The van der Waals surface area contributed by atoms with E-state index in [2.05, 4.69) is 15.9 Å². The fourth-order valence-electron chi connectivity index (χ4n) is 1.89. The van der Waals surface area contributed by atoms with E-state index in [1.54, 1.807) is 6.07 Å². The second kappa shape index (κ2) is 4.83. The van der Waals surface area contributed by atoms with Crippen LogP contribution < -0.4 is 10.6 Å². The van der Waals surface area contributed by atoms with Crippen molar-refractivity contribution in [3.05, 3.63) is 31.7 Å². The lowest BCUT2D eigenvalue weighted by atomic mass is 10.2. The molecule has 1 aliphatic heterocycles. The number of carbonyl (C=O) groups is 1. The minimum absolute atomic E-state index is 0.0224. The van der Waals surface area contributed by atoms with Crippen LogP contribution in [0, 0.1) is 10.1 Å². The highest BCUT2D eigenvalue weighted by molar-refractivity contribution is 9.10. The largest absolute Gasteiger partial charge is 0.326 e. The Labute approximate surface area is 116 Å². The number of nitro benzene ring substituents is 1. The third-order valence-electron chi connectivity index (χ3n) is 2.68. The van der Waals surface area contributed by atoms with Crippen molar-refractivity contribution in [2.24, 2.45) is 5.73 Å². The van der Waals surface area contributed by atoms with Crippen molar-refractivity contribution >= 4 is 44.8 Å². The van der Waals surface area contributed by atoms with Crippen molar-refractivity contribution in [2.75, 3.05) is 11.4 Å². The van der Waals surface area contributed by atoms with Gasteiger partial charge in [0.25, 0.3) is 0 Å². The summed E-state index contributed by atoms with van der Waals surface area (Å²) in [5, 5.41) is 11.0. The van der Waals surface area contributed by atoms with Gasteiger partial charge in [0.15, 0.2) is 0 Å². The SMILES string of the molecule is NC1CC(=O)N(c2ccc(Br)c(Cl)c2[N+](=O)[O-])C1. The summed E-state index contributed by atoms with van der Waals surface area (Å²) in [7, 11) is 0. The van der Waals surface area contributed by atoms with Gasteiger partial charge in [0, 0.05) is 23.5 Å². The number of hydrogen-bond acceptors (Lipinski definition) is 4. The fourth-order valence-corrected chi connectivity index (χ4v) is 2.44. The summed E-state index contributed by atoms with van der Waals surface area (Å²) in [4.78, 5) is 23.5. The maximum atomic E-state index is 11.7. The summed E-state index contributed by atoms with van der Waals surface area (Å²) in [5.41, 5.74) is 5.57. The molecule has 0 bridgehead atoms. The molecule has 1 saturated heterocycles. The quantitative estimate of drug-likeness (QED) is 0.662. The van der Waals surface area contributed by atoms with E-state index in [4.69, 9.17) is 17.3 Å². The van der Waals surface area contributed by atoms with E-state index in [0.29, 0.717) is 4.47 Å². The molecule has 1 fully saturated rings. The van der Waals surface area contributed by atoms with E-state index in [1.165, 1.54) is 11.0 Å². The number of rotatable bonds is 2. The number of nitro groups is 1. The first-order valence-electron chi connectivity index (χ1n) is 5.10. The molecule has 0 spiro atoms. The number of hydrogen-bond donors (Lipinski definition) is 1. The van der Waals surface area contributed by atoms with Crippen LogP contribution in [0.2, 0.25) is 5.02 Å². The van der Waals surface area contributed by atoms with Crippen LogP contribution in [0.3, 0.4) is 0 Å². The summed E-state index contributed by atoms with van der Waals surface area (Å²) < 4.78 is 0.413. The van der Waals surface area contributed by atoms with Gasteiger partial charge in [-0.15, -0.1) is 0 Å². The Morgan fingerprint density at radius 1 is 1.56 bits per heavy atom. The minimum Gasteiger partial charge on any atom is -0.326 e. The Balaban J connectivity index is 2.54. The molecule has 0 radical (unpaired) electrons. The van der Waals surface area contributed by atoms with Gasteiger partial charge in [-0.2, -0.15) is 0 Å². The van der Waals surface area contributed by atoms with E-state index < -0.39 is 4.92 Å². The molecular weight excluding hydrogens is 325 g/mol. The molecule has 0 aliphatic carbocycles. The number of halogens is 2. The summed E-state index contributed by atoms with van der Waals surface area (Å²) in [6.07, 6.45) is 0.185. The molecule has 6 nitrogen and oxygen atoms in total. The molecule has 1 heterocycles. The summed E-state index contributed by atoms with van der Waals surface area (Å²) in [5.74, 6) is -0.232. The molecular formula is C10H9BrClN3O3. The van der Waals surface area contributed by atoms with Crippen LogP contribution in [-0.4, -0.2) is 23.4 Å². The first-order valence-corrected chi connectivity index (χ1v) is 6.27. The molecule has 18 heavy (non-hydrogen) atoms. The molecule has 2 rings (SSSR count). The van der Waals surface area contributed by atoms with E-state index in [9.17, 15) is 14.9 Å². The molecule has 1 amide bonds. The van der Waals surface area contributed by atoms with Crippen molar-refractivity contribution in [2.45, 2.75) is 12.5 Å². The van der Waals surface area contributed by atoms with Crippen LogP contribution in [0.4, 0.5) is 11.4 Å². The summed E-state index contributed by atoms with van der Waals surface area (Å²) in [6, 6.07) is 2.76. The number of amides is 1. The lowest BCUT2D eigenvalue weighted by Gasteiger charge is -2.16. The van der Waals surface area contributed by atoms with Crippen molar-refractivity contribution in [3.8, 4) is 0 Å². The molecule has 1 aromatic rings. The van der Waals surface area contributed by atoms with Gasteiger partial charge in [0.1, 0.15) is 10.7 Å². The van der Waals surface area contributed by atoms with Crippen molar-refractivity contribution in [1.29, 1.82) is 0 Å². The van der Waals surface area contributed by atoms with Crippen LogP contribution in [0.15, 0.2) is 16.6 Å². The number of anilines is 1. The van der Waals surface area contributed by atoms with Gasteiger partial charge in [0.05, 0.1) is 4.92 Å². The summed E-state index contributed by atoms with van der Waals surface area (Å²) in [6.45, 7) is 0.262. The number of carbonyl (C=O) groups excluding carboxylic acids is 1. The van der Waals surface area contributed by atoms with Gasteiger partial charge in [0.2, 0.25) is 5.91 Å². The standard InChI is InChI=1S/C10H9BrClN3O3/c11-6-1-2-7(10(9(6)12)15(17)18)14-4-5(13)3-8(14)16/h1-2,5H,3-4,13H2. The zero-order valence-corrected chi connectivity index (χ0v) is 11.4. The zero-order valence-electron chi connectivity index (χ0n) is 9.10. The van der Waals surface area contributed by atoms with Crippen molar-refractivity contribution in [1.82, 2.24) is 0 Å². The van der Waals surface area contributed by atoms with Crippen LogP contribution in [0.1, 0.15) is 6.42 Å². The van der Waals surface area contributed by atoms with Gasteiger partial charge in [-0.1, -0.05) is 11.6 Å². The normalized spacial score (nSPS) is 19.4. The fraction of sp³-hybridized carbons (Fsp3) is 0.300. The Morgan fingerprint density at radius 3 is 2.72 bits per heavy atom. The number of nitrogens with two attached hydrogens (primary N) is 1. The van der Waals surface area contributed by atoms with Gasteiger partial charge in [-0.3, -0.25) is 14.9 Å². The maximum absolute atomic E-state index is 11.7. The molecule has 1 unspecified atom stereocenters. The number of nitrogens with zero attached hydrogens (tertiary/aromatic N) is 2. The Hall–Kier alpha value is -1.18. The zero-order chi connectivity index (χ0) is 13.4. The van der Waals surface area contributed by atoms with Gasteiger partial charge in [-0.05, 0) is 28.1 Å². The topological polar surface area (TPSA) is 89.5 Å². The Morgan fingerprint density at radius 2 is 2.22 bits per heavy atom. The average Bonchev–Trinajstić information content (AvgIpc) is 2.61. The van der Waals surface area contributed by atoms with Crippen LogP contribution in [-0.2, 0) is 4.79 Å². The van der Waals surface area contributed by atoms with Crippen molar-refractivity contribution in [3.63, 3.8) is 0 Å². The molecule has 1 aliphatic rings. The lowest BCUT2D eigenvalue weighted by molar-refractivity contribution is -0.384. The Kier molecular flexibility index (Phi) is 3.56. The molecule has 96 valence electrons. The maximum Gasteiger partial charge on any atom is 0.312 e.